The lowest BCUT2D eigenvalue weighted by Crippen LogP contribution is -2.36. The Balaban J connectivity index is 2.03. The van der Waals surface area contributed by atoms with Crippen molar-refractivity contribution in [2.24, 2.45) is 5.92 Å². The second-order valence-electron chi connectivity index (χ2n) is 3.64. The molecule has 0 aromatic rings. The van der Waals surface area contributed by atoms with Crippen molar-refractivity contribution in [3.8, 4) is 0 Å². The van der Waals surface area contributed by atoms with Crippen LogP contribution in [0.5, 0.6) is 0 Å². The highest BCUT2D eigenvalue weighted by Crippen LogP contribution is 2.18. The summed E-state index contributed by atoms with van der Waals surface area (Å²) in [5.74, 6) is 0.906. The number of nitrogens with zero attached hydrogens (tertiary/aromatic N) is 1. The van der Waals surface area contributed by atoms with E-state index in [1.165, 1.54) is 31.3 Å². The van der Waals surface area contributed by atoms with Crippen LogP contribution in [0.3, 0.4) is 0 Å². The Kier molecular flexibility index (Phi) is 6.00. The van der Waals surface area contributed by atoms with Crippen LogP contribution < -0.4 is 0 Å². The van der Waals surface area contributed by atoms with Gasteiger partial charge in [-0.1, -0.05) is 15.9 Å². The maximum Gasteiger partial charge on any atom is 0.0593 e. The van der Waals surface area contributed by atoms with E-state index in [0.29, 0.717) is 0 Å². The third-order valence-corrected chi connectivity index (χ3v) is 3.60. The van der Waals surface area contributed by atoms with Gasteiger partial charge in [-0.15, -0.1) is 0 Å². The second-order valence-corrected chi connectivity index (χ2v) is 4.28. The van der Waals surface area contributed by atoms with Crippen LogP contribution in [0, 0.1) is 5.92 Å². The molecule has 0 atom stereocenters. The minimum Gasteiger partial charge on any atom is -0.380 e. The molecule has 0 aromatic heterocycles. The van der Waals surface area contributed by atoms with Crippen molar-refractivity contribution < 1.29 is 4.74 Å². The van der Waals surface area contributed by atoms with Gasteiger partial charge in [-0.2, -0.15) is 0 Å². The van der Waals surface area contributed by atoms with Gasteiger partial charge in [-0.3, -0.25) is 0 Å². The number of piperidine rings is 1. The highest BCUT2D eigenvalue weighted by molar-refractivity contribution is 9.09. The van der Waals surface area contributed by atoms with Crippen molar-refractivity contribution >= 4 is 15.9 Å². The Morgan fingerprint density at radius 2 is 2.08 bits per heavy atom. The maximum atomic E-state index is 5.34. The van der Waals surface area contributed by atoms with Crippen LogP contribution >= 0.6 is 15.9 Å². The minimum absolute atomic E-state index is 0.845. The second kappa shape index (κ2) is 6.80. The van der Waals surface area contributed by atoms with Crippen LogP contribution in [0.25, 0.3) is 0 Å². The van der Waals surface area contributed by atoms with Gasteiger partial charge in [0, 0.05) is 18.5 Å². The van der Waals surface area contributed by atoms with Crippen molar-refractivity contribution in [1.82, 2.24) is 4.90 Å². The third-order valence-electron chi connectivity index (χ3n) is 2.68. The van der Waals surface area contributed by atoms with E-state index in [2.05, 4.69) is 27.8 Å². The molecule has 0 saturated carbocycles. The van der Waals surface area contributed by atoms with Gasteiger partial charge in [-0.05, 0) is 38.8 Å². The summed E-state index contributed by atoms with van der Waals surface area (Å²) in [5.41, 5.74) is 0. The number of halogens is 1. The van der Waals surface area contributed by atoms with Gasteiger partial charge >= 0.3 is 0 Å². The molecular weight excluding hydrogens is 230 g/mol. The van der Waals surface area contributed by atoms with Crippen molar-refractivity contribution in [3.63, 3.8) is 0 Å². The van der Waals surface area contributed by atoms with Crippen LogP contribution in [0.2, 0.25) is 0 Å². The molecule has 13 heavy (non-hydrogen) atoms. The van der Waals surface area contributed by atoms with Crippen molar-refractivity contribution in [1.29, 1.82) is 0 Å². The van der Waals surface area contributed by atoms with Gasteiger partial charge in [-0.25, -0.2) is 0 Å². The first-order valence-corrected chi connectivity index (χ1v) is 6.35. The molecule has 1 aliphatic heterocycles. The molecule has 1 saturated heterocycles. The third kappa shape index (κ3) is 4.43. The molecule has 3 heteroatoms. The van der Waals surface area contributed by atoms with Crippen molar-refractivity contribution in [2.45, 2.75) is 19.8 Å². The van der Waals surface area contributed by atoms with Crippen LogP contribution in [-0.2, 0) is 4.74 Å². The van der Waals surface area contributed by atoms with Crippen LogP contribution in [0.15, 0.2) is 0 Å². The van der Waals surface area contributed by atoms with Crippen molar-refractivity contribution in [2.75, 3.05) is 38.2 Å². The topological polar surface area (TPSA) is 12.5 Å². The molecule has 1 heterocycles. The zero-order chi connectivity index (χ0) is 9.52. The summed E-state index contributed by atoms with van der Waals surface area (Å²) in [6.07, 6.45) is 2.69. The fraction of sp³-hybridized carbons (Fsp3) is 1.00. The highest BCUT2D eigenvalue weighted by atomic mass is 79.9. The van der Waals surface area contributed by atoms with E-state index >= 15 is 0 Å². The summed E-state index contributed by atoms with van der Waals surface area (Å²) >= 11 is 3.55. The van der Waals surface area contributed by atoms with Gasteiger partial charge in [0.25, 0.3) is 0 Å². The zero-order valence-corrected chi connectivity index (χ0v) is 10.1. The van der Waals surface area contributed by atoms with Gasteiger partial charge in [0.15, 0.2) is 0 Å². The molecule has 0 aromatic carbocycles. The standard InChI is InChI=1S/C10H20BrNO/c1-2-13-8-7-12-5-3-10(9-11)4-6-12/h10H,2-9H2,1H3. The van der Waals surface area contributed by atoms with Gasteiger partial charge < -0.3 is 9.64 Å². The lowest BCUT2D eigenvalue weighted by molar-refractivity contribution is 0.0981. The number of hydrogen-bond acceptors (Lipinski definition) is 2. The molecule has 78 valence electrons. The molecule has 0 radical (unpaired) electrons. The number of rotatable bonds is 5. The van der Waals surface area contributed by atoms with Crippen LogP contribution in [-0.4, -0.2) is 43.1 Å². The number of ether oxygens (including phenoxy) is 1. The molecule has 1 aliphatic rings. The van der Waals surface area contributed by atoms with E-state index in [4.69, 9.17) is 4.74 Å². The molecular formula is C10H20BrNO. The summed E-state index contributed by atoms with van der Waals surface area (Å²) in [5, 5.41) is 1.17. The van der Waals surface area contributed by atoms with Gasteiger partial charge in [0.05, 0.1) is 6.61 Å². The molecule has 0 aliphatic carbocycles. The van der Waals surface area contributed by atoms with Crippen LogP contribution in [0.4, 0.5) is 0 Å². The predicted octanol–water partition coefficient (Wildman–Crippen LogP) is 2.13. The quantitative estimate of drug-likeness (QED) is 0.547. The summed E-state index contributed by atoms with van der Waals surface area (Å²) in [7, 11) is 0. The van der Waals surface area contributed by atoms with Gasteiger partial charge in [0.2, 0.25) is 0 Å². The van der Waals surface area contributed by atoms with E-state index in [0.717, 1.165) is 25.7 Å². The van der Waals surface area contributed by atoms with E-state index in [1.54, 1.807) is 0 Å². The van der Waals surface area contributed by atoms with E-state index < -0.39 is 0 Å². The number of alkyl halides is 1. The summed E-state index contributed by atoms with van der Waals surface area (Å²) in [6.45, 7) is 7.42. The monoisotopic (exact) mass is 249 g/mol. The first kappa shape index (κ1) is 11.5. The number of likely N-dealkylation sites (tertiary alicyclic amines) is 1. The molecule has 0 N–H and O–H groups in total. The smallest absolute Gasteiger partial charge is 0.0593 e. The summed E-state index contributed by atoms with van der Waals surface area (Å²) < 4.78 is 5.34. The number of hydrogen-bond donors (Lipinski definition) is 0. The lowest BCUT2D eigenvalue weighted by Gasteiger charge is -2.30. The summed E-state index contributed by atoms with van der Waals surface area (Å²) in [6, 6.07) is 0. The lowest BCUT2D eigenvalue weighted by atomic mass is 9.99. The molecule has 1 rings (SSSR count). The average molecular weight is 250 g/mol. The van der Waals surface area contributed by atoms with E-state index in [1.807, 2.05) is 0 Å². The first-order valence-electron chi connectivity index (χ1n) is 5.23. The average Bonchev–Trinajstić information content (AvgIpc) is 2.19. The molecule has 1 fully saturated rings. The predicted molar refractivity (Wildman–Crippen MR) is 59.5 cm³/mol. The van der Waals surface area contributed by atoms with E-state index in [9.17, 15) is 0 Å². The molecule has 0 spiro atoms. The molecule has 0 unspecified atom stereocenters. The van der Waals surface area contributed by atoms with Crippen molar-refractivity contribution in [3.05, 3.63) is 0 Å². The zero-order valence-electron chi connectivity index (χ0n) is 8.47. The summed E-state index contributed by atoms with van der Waals surface area (Å²) in [4.78, 5) is 2.51. The Hall–Kier alpha value is 0.400. The Morgan fingerprint density at radius 3 is 2.62 bits per heavy atom. The Labute approximate surface area is 89.8 Å². The Morgan fingerprint density at radius 1 is 1.38 bits per heavy atom. The first-order chi connectivity index (χ1) is 6.36. The largest absolute Gasteiger partial charge is 0.380 e. The fourth-order valence-electron chi connectivity index (χ4n) is 1.70. The molecule has 0 bridgehead atoms. The van der Waals surface area contributed by atoms with Crippen LogP contribution in [0.1, 0.15) is 19.8 Å². The SMILES string of the molecule is CCOCCN1CCC(CBr)CC1. The minimum atomic E-state index is 0.845. The van der Waals surface area contributed by atoms with Gasteiger partial charge in [0.1, 0.15) is 0 Å². The van der Waals surface area contributed by atoms with E-state index in [-0.39, 0.29) is 0 Å². The molecule has 2 nitrogen and oxygen atoms in total. The Bertz CT molecular complexity index is 121. The normalized spacial score (nSPS) is 20.8. The highest BCUT2D eigenvalue weighted by Gasteiger charge is 2.17. The fourth-order valence-corrected chi connectivity index (χ4v) is 2.35. The maximum absolute atomic E-state index is 5.34. The molecule has 0 amide bonds.